The average Bonchev–Trinajstić information content (AvgIpc) is 3.46. The maximum atomic E-state index is 12.4. The van der Waals surface area contributed by atoms with E-state index in [4.69, 9.17) is 9.52 Å². The van der Waals surface area contributed by atoms with Crippen molar-refractivity contribution < 1.29 is 19.4 Å². The van der Waals surface area contributed by atoms with Crippen LogP contribution in [0.5, 0.6) is 5.75 Å². The summed E-state index contributed by atoms with van der Waals surface area (Å²) >= 11 is 0. The number of amides is 1. The minimum Gasteiger partial charge on any atom is -0.502 e. The van der Waals surface area contributed by atoms with Crippen LogP contribution in [0.3, 0.4) is 0 Å². The number of nitrogens with zero attached hydrogens (tertiary/aromatic N) is 1. The van der Waals surface area contributed by atoms with Crippen LogP contribution in [0.2, 0.25) is 0 Å². The molecule has 4 rings (SSSR count). The molecule has 1 aliphatic rings. The third-order valence-electron chi connectivity index (χ3n) is 5.14. The van der Waals surface area contributed by atoms with Gasteiger partial charge in [-0.2, -0.15) is 0 Å². The molecule has 35 heavy (non-hydrogen) atoms. The van der Waals surface area contributed by atoms with Gasteiger partial charge in [0.1, 0.15) is 0 Å². The van der Waals surface area contributed by atoms with Gasteiger partial charge in [0, 0.05) is 48.6 Å². The van der Waals surface area contributed by atoms with Gasteiger partial charge in [0.15, 0.2) is 5.76 Å². The summed E-state index contributed by atoms with van der Waals surface area (Å²) in [5.41, 5.74) is 2.72. The third-order valence-corrected chi connectivity index (χ3v) is 5.14. The highest BCUT2D eigenvalue weighted by atomic mass is 16.4. The molecule has 7 nitrogen and oxygen atoms in total. The fourth-order valence-electron chi connectivity index (χ4n) is 3.37. The number of aromatic hydroxyl groups is 1. The zero-order valence-electron chi connectivity index (χ0n) is 19.8. The standard InChI is InChI=1S/C25H22N2O4.C2H4.CH4O/c28-22-13-16-31-23(24(22)29)17-26-21-11-7-19(8-12-21)4-3-18-5-9-20(10-6-18)25(30)27-14-1-2-15-27;2*1-2/h5-13,16,26,29H,1-2,14-15,17H2;1-2H2;2H,1H3. The Morgan fingerprint density at radius 3 is 2.09 bits per heavy atom. The van der Waals surface area contributed by atoms with Crippen LogP contribution in [-0.2, 0) is 6.54 Å². The number of carbonyl (C=O) groups excluding carboxylic acids is 1. The van der Waals surface area contributed by atoms with Crippen molar-refractivity contribution in [3.63, 3.8) is 0 Å². The Hall–Kier alpha value is -4.28. The molecule has 1 aromatic heterocycles. The smallest absolute Gasteiger partial charge is 0.253 e. The number of rotatable bonds is 4. The molecule has 182 valence electrons. The topological polar surface area (TPSA) is 103 Å². The fraction of sp³-hybridized carbons (Fsp3) is 0.214. The van der Waals surface area contributed by atoms with Crippen LogP contribution in [0.1, 0.15) is 40.1 Å². The van der Waals surface area contributed by atoms with E-state index in [0.717, 1.165) is 49.9 Å². The van der Waals surface area contributed by atoms with E-state index in [9.17, 15) is 14.7 Å². The SMILES string of the molecule is C=C.CO.O=C(c1ccc(C#Cc2ccc(NCc3occc(=O)c3O)cc2)cc1)N1CCCC1. The van der Waals surface area contributed by atoms with Gasteiger partial charge in [-0.15, -0.1) is 13.2 Å². The lowest BCUT2D eigenvalue weighted by atomic mass is 10.1. The van der Waals surface area contributed by atoms with Crippen LogP contribution >= 0.6 is 0 Å². The highest BCUT2D eigenvalue weighted by Gasteiger charge is 2.18. The summed E-state index contributed by atoms with van der Waals surface area (Å²) in [5, 5.41) is 19.8. The molecule has 0 spiro atoms. The van der Waals surface area contributed by atoms with Gasteiger partial charge in [0.2, 0.25) is 11.2 Å². The predicted octanol–water partition coefficient (Wildman–Crippen LogP) is 4.00. The number of hydrogen-bond acceptors (Lipinski definition) is 6. The second kappa shape index (κ2) is 14.1. The quantitative estimate of drug-likeness (QED) is 0.390. The van der Waals surface area contributed by atoms with E-state index < -0.39 is 5.43 Å². The predicted molar refractivity (Wildman–Crippen MR) is 137 cm³/mol. The minimum atomic E-state index is -0.470. The molecule has 1 aliphatic heterocycles. The first kappa shape index (κ1) is 27.0. The monoisotopic (exact) mass is 474 g/mol. The Bertz CT molecular complexity index is 1200. The lowest BCUT2D eigenvalue weighted by molar-refractivity contribution is 0.0793. The number of anilines is 1. The van der Waals surface area contributed by atoms with Crippen molar-refractivity contribution in [2.24, 2.45) is 0 Å². The van der Waals surface area contributed by atoms with Crippen LogP contribution in [0, 0.1) is 11.8 Å². The molecule has 0 atom stereocenters. The number of carbonyl (C=O) groups is 1. The Balaban J connectivity index is 0.00000103. The van der Waals surface area contributed by atoms with Gasteiger partial charge in [0.05, 0.1) is 12.8 Å². The van der Waals surface area contributed by atoms with Gasteiger partial charge >= 0.3 is 0 Å². The number of aliphatic hydroxyl groups is 1. The zero-order valence-corrected chi connectivity index (χ0v) is 19.8. The molecule has 1 amide bonds. The molecule has 0 bridgehead atoms. The minimum absolute atomic E-state index is 0.0863. The van der Waals surface area contributed by atoms with Gasteiger partial charge in [0.25, 0.3) is 5.91 Å². The van der Waals surface area contributed by atoms with Crippen LogP contribution in [-0.4, -0.2) is 41.2 Å². The van der Waals surface area contributed by atoms with Crippen molar-refractivity contribution in [1.82, 2.24) is 4.90 Å². The summed E-state index contributed by atoms with van der Waals surface area (Å²) in [4.78, 5) is 25.7. The molecule has 0 radical (unpaired) electrons. The Morgan fingerprint density at radius 2 is 1.51 bits per heavy atom. The van der Waals surface area contributed by atoms with Crippen LogP contribution in [0.25, 0.3) is 0 Å². The highest BCUT2D eigenvalue weighted by Crippen LogP contribution is 2.16. The first-order valence-corrected chi connectivity index (χ1v) is 11.1. The van der Waals surface area contributed by atoms with E-state index in [1.165, 1.54) is 12.3 Å². The van der Waals surface area contributed by atoms with Gasteiger partial charge in [-0.1, -0.05) is 11.8 Å². The first-order chi connectivity index (χ1) is 17.1. The third kappa shape index (κ3) is 7.63. The molecular formula is C28H30N2O5. The number of benzene rings is 2. The van der Waals surface area contributed by atoms with E-state index in [1.54, 1.807) is 0 Å². The summed E-state index contributed by atoms with van der Waals surface area (Å²) in [6.45, 7) is 7.87. The number of nitrogens with one attached hydrogen (secondary N) is 1. The van der Waals surface area contributed by atoms with Crippen LogP contribution in [0.15, 0.2) is 83.2 Å². The Labute approximate surface area is 205 Å². The lowest BCUT2D eigenvalue weighted by Gasteiger charge is -2.14. The molecule has 2 aromatic carbocycles. The molecule has 0 saturated carbocycles. The molecule has 3 N–H and O–H groups in total. The van der Waals surface area contributed by atoms with Crippen molar-refractivity contribution in [1.29, 1.82) is 0 Å². The van der Waals surface area contributed by atoms with Crippen molar-refractivity contribution in [2.45, 2.75) is 19.4 Å². The highest BCUT2D eigenvalue weighted by molar-refractivity contribution is 5.94. The number of aliphatic hydroxyl groups excluding tert-OH is 1. The largest absolute Gasteiger partial charge is 0.502 e. The van der Waals surface area contributed by atoms with Crippen LogP contribution in [0.4, 0.5) is 5.69 Å². The molecule has 7 heteroatoms. The summed E-state index contributed by atoms with van der Waals surface area (Å²) in [6, 6.07) is 16.0. The maximum Gasteiger partial charge on any atom is 0.253 e. The zero-order chi connectivity index (χ0) is 25.6. The summed E-state index contributed by atoms with van der Waals surface area (Å²) in [7, 11) is 1.00. The number of likely N-dealkylation sites (tertiary alicyclic amines) is 1. The van der Waals surface area contributed by atoms with Crippen molar-refractivity contribution >= 4 is 11.6 Å². The maximum absolute atomic E-state index is 12.4. The van der Waals surface area contributed by atoms with Crippen molar-refractivity contribution in [3.05, 3.63) is 107 Å². The number of hydrogen-bond donors (Lipinski definition) is 3. The van der Waals surface area contributed by atoms with E-state index in [-0.39, 0.29) is 24.0 Å². The first-order valence-electron chi connectivity index (χ1n) is 11.1. The van der Waals surface area contributed by atoms with Gasteiger partial charge < -0.3 is 24.8 Å². The second-order valence-corrected chi connectivity index (χ2v) is 7.31. The summed E-state index contributed by atoms with van der Waals surface area (Å²) in [5.74, 6) is 6.10. The van der Waals surface area contributed by atoms with Crippen molar-refractivity contribution in [3.8, 4) is 17.6 Å². The van der Waals surface area contributed by atoms with E-state index in [2.05, 4.69) is 30.3 Å². The second-order valence-electron chi connectivity index (χ2n) is 7.31. The fourth-order valence-corrected chi connectivity index (χ4v) is 3.37. The summed E-state index contributed by atoms with van der Waals surface area (Å²) < 4.78 is 5.17. The molecule has 0 aliphatic carbocycles. The molecule has 3 aromatic rings. The van der Waals surface area contributed by atoms with Gasteiger partial charge in [-0.05, 0) is 61.4 Å². The van der Waals surface area contributed by atoms with E-state index in [1.807, 2.05) is 53.4 Å². The average molecular weight is 475 g/mol. The summed E-state index contributed by atoms with van der Waals surface area (Å²) in [6.07, 6.45) is 3.41. The van der Waals surface area contributed by atoms with Crippen LogP contribution < -0.4 is 10.7 Å². The normalized spacial score (nSPS) is 11.7. The molecule has 0 unspecified atom stereocenters. The molecular weight excluding hydrogens is 444 g/mol. The van der Waals surface area contributed by atoms with E-state index in [0.29, 0.717) is 5.56 Å². The Kier molecular flexibility index (Phi) is 10.9. The van der Waals surface area contributed by atoms with Gasteiger partial charge in [-0.3, -0.25) is 9.59 Å². The van der Waals surface area contributed by atoms with Gasteiger partial charge in [-0.25, -0.2) is 0 Å². The molecule has 1 saturated heterocycles. The Morgan fingerprint density at radius 1 is 0.971 bits per heavy atom. The molecule has 1 fully saturated rings. The lowest BCUT2D eigenvalue weighted by Crippen LogP contribution is -2.27. The van der Waals surface area contributed by atoms with Crippen molar-refractivity contribution in [2.75, 3.05) is 25.5 Å². The molecule has 2 heterocycles. The van der Waals surface area contributed by atoms with E-state index >= 15 is 0 Å².